The first-order chi connectivity index (χ1) is 13.1. The molecule has 2 heterocycles. The molecule has 1 saturated heterocycles. The van der Waals surface area contributed by atoms with Crippen LogP contribution in [0.5, 0.6) is 0 Å². The highest BCUT2D eigenvalue weighted by Crippen LogP contribution is 2.17. The summed E-state index contributed by atoms with van der Waals surface area (Å²) in [5, 5.41) is 3.08. The number of amides is 2. The minimum atomic E-state index is 0.000415. The minimum Gasteiger partial charge on any atom is -0.331 e. The quantitative estimate of drug-likeness (QED) is 0.816. The molecule has 1 aliphatic rings. The van der Waals surface area contributed by atoms with Crippen LogP contribution in [0, 0.1) is 18.8 Å². The van der Waals surface area contributed by atoms with Gasteiger partial charge in [-0.1, -0.05) is 47.9 Å². The van der Waals surface area contributed by atoms with Gasteiger partial charge in [0.1, 0.15) is 5.69 Å². The number of nitrogens with zero attached hydrogens (tertiary/aromatic N) is 2. The first kappa shape index (κ1) is 18.7. The van der Waals surface area contributed by atoms with Crippen LogP contribution in [0.1, 0.15) is 42.8 Å². The number of hydrogen-bond acceptors (Lipinski definition) is 2. The summed E-state index contributed by atoms with van der Waals surface area (Å²) < 4.78 is 0. The molecule has 0 saturated carbocycles. The largest absolute Gasteiger partial charge is 0.331 e. The maximum atomic E-state index is 12.5. The Labute approximate surface area is 161 Å². The van der Waals surface area contributed by atoms with Crippen LogP contribution in [-0.4, -0.2) is 29.0 Å². The monoisotopic (exact) mass is 359 g/mol. The van der Waals surface area contributed by atoms with E-state index in [4.69, 9.17) is 0 Å². The number of nitrogens with one attached hydrogen (secondary N) is 1. The molecule has 138 valence electrons. The number of rotatable bonds is 2. The van der Waals surface area contributed by atoms with Gasteiger partial charge in [-0.05, 0) is 56.4 Å². The Morgan fingerprint density at radius 1 is 1.15 bits per heavy atom. The molecule has 1 N–H and O–H groups in total. The van der Waals surface area contributed by atoms with Crippen LogP contribution in [0.3, 0.4) is 0 Å². The van der Waals surface area contributed by atoms with E-state index in [1.54, 1.807) is 0 Å². The Morgan fingerprint density at radius 3 is 2.59 bits per heavy atom. The van der Waals surface area contributed by atoms with Gasteiger partial charge in [0, 0.05) is 18.8 Å². The van der Waals surface area contributed by atoms with Crippen LogP contribution >= 0.6 is 0 Å². The first-order valence-corrected chi connectivity index (χ1v) is 9.35. The third kappa shape index (κ3) is 5.46. The van der Waals surface area contributed by atoms with E-state index in [0.29, 0.717) is 0 Å². The van der Waals surface area contributed by atoms with Crippen LogP contribution < -0.4 is 5.32 Å². The second-order valence-corrected chi connectivity index (χ2v) is 6.81. The lowest BCUT2D eigenvalue weighted by Crippen LogP contribution is -2.44. The van der Waals surface area contributed by atoms with E-state index in [1.165, 1.54) is 5.57 Å². The van der Waals surface area contributed by atoms with Crippen molar-refractivity contribution in [2.45, 2.75) is 32.7 Å². The van der Waals surface area contributed by atoms with Crippen molar-refractivity contribution in [2.75, 3.05) is 13.1 Å². The van der Waals surface area contributed by atoms with E-state index in [1.807, 2.05) is 73.4 Å². The number of pyridine rings is 1. The Balaban J connectivity index is 1.50. The average Bonchev–Trinajstić information content (AvgIpc) is 2.69. The number of piperidine rings is 1. The molecular formula is C23H25N3O. The predicted molar refractivity (Wildman–Crippen MR) is 108 cm³/mol. The zero-order valence-electron chi connectivity index (χ0n) is 15.9. The number of urea groups is 1. The lowest BCUT2D eigenvalue weighted by molar-refractivity contribution is 0.190. The molecule has 2 aromatic rings. The molecule has 1 aromatic heterocycles. The molecule has 0 radical (unpaired) electrons. The summed E-state index contributed by atoms with van der Waals surface area (Å²) in [5.41, 5.74) is 4.16. The SMILES string of the molecule is Cc1cccc(C#CC=C2CCN(C(=O)N[C@@H](C)c3ccccc3)CC2)n1. The van der Waals surface area contributed by atoms with Crippen molar-refractivity contribution in [1.29, 1.82) is 0 Å². The normalized spacial score (nSPS) is 14.7. The molecule has 2 amide bonds. The van der Waals surface area contributed by atoms with E-state index >= 15 is 0 Å². The van der Waals surface area contributed by atoms with Crippen LogP contribution in [-0.2, 0) is 0 Å². The Morgan fingerprint density at radius 2 is 1.89 bits per heavy atom. The van der Waals surface area contributed by atoms with Gasteiger partial charge in [-0.2, -0.15) is 0 Å². The van der Waals surface area contributed by atoms with Crippen molar-refractivity contribution in [1.82, 2.24) is 15.2 Å². The van der Waals surface area contributed by atoms with Gasteiger partial charge >= 0.3 is 6.03 Å². The molecule has 0 unspecified atom stereocenters. The van der Waals surface area contributed by atoms with Crippen molar-refractivity contribution < 1.29 is 4.79 Å². The minimum absolute atomic E-state index is 0.000415. The summed E-state index contributed by atoms with van der Waals surface area (Å²) >= 11 is 0. The van der Waals surface area contributed by atoms with Gasteiger partial charge in [0.2, 0.25) is 0 Å². The number of aryl methyl sites for hydroxylation is 1. The van der Waals surface area contributed by atoms with Crippen molar-refractivity contribution in [3.63, 3.8) is 0 Å². The van der Waals surface area contributed by atoms with E-state index in [2.05, 4.69) is 22.1 Å². The number of carbonyl (C=O) groups is 1. The molecule has 4 heteroatoms. The van der Waals surface area contributed by atoms with Gasteiger partial charge in [-0.25, -0.2) is 9.78 Å². The summed E-state index contributed by atoms with van der Waals surface area (Å²) in [4.78, 5) is 18.7. The third-order valence-corrected chi connectivity index (χ3v) is 4.70. The van der Waals surface area contributed by atoms with Gasteiger partial charge in [-0.15, -0.1) is 0 Å². The Kier molecular flexibility index (Phi) is 6.27. The van der Waals surface area contributed by atoms with Gasteiger partial charge in [0.15, 0.2) is 0 Å². The van der Waals surface area contributed by atoms with Crippen molar-refractivity contribution in [2.24, 2.45) is 0 Å². The van der Waals surface area contributed by atoms with E-state index in [9.17, 15) is 4.79 Å². The van der Waals surface area contributed by atoms with E-state index in [-0.39, 0.29) is 12.1 Å². The van der Waals surface area contributed by atoms with E-state index < -0.39 is 0 Å². The van der Waals surface area contributed by atoms with Gasteiger partial charge < -0.3 is 10.2 Å². The summed E-state index contributed by atoms with van der Waals surface area (Å²) in [6.45, 7) is 5.42. The van der Waals surface area contributed by atoms with Gasteiger partial charge in [-0.3, -0.25) is 0 Å². The topological polar surface area (TPSA) is 45.2 Å². The molecule has 3 rings (SSSR count). The maximum absolute atomic E-state index is 12.5. The molecule has 1 aromatic carbocycles. The first-order valence-electron chi connectivity index (χ1n) is 9.35. The highest BCUT2D eigenvalue weighted by atomic mass is 16.2. The number of benzene rings is 1. The second kappa shape index (κ2) is 9.05. The number of hydrogen-bond donors (Lipinski definition) is 1. The maximum Gasteiger partial charge on any atom is 0.317 e. The summed E-state index contributed by atoms with van der Waals surface area (Å²) in [6.07, 6.45) is 3.71. The molecule has 0 spiro atoms. The molecule has 0 aliphatic carbocycles. The second-order valence-electron chi connectivity index (χ2n) is 6.81. The number of aromatic nitrogens is 1. The predicted octanol–water partition coefficient (Wildman–Crippen LogP) is 4.23. The molecule has 1 aliphatic heterocycles. The lowest BCUT2D eigenvalue weighted by atomic mass is 10.0. The van der Waals surface area contributed by atoms with Gasteiger partial charge in [0.25, 0.3) is 0 Å². The van der Waals surface area contributed by atoms with Crippen LogP contribution in [0.2, 0.25) is 0 Å². The molecule has 0 bridgehead atoms. The smallest absolute Gasteiger partial charge is 0.317 e. The van der Waals surface area contributed by atoms with Crippen LogP contribution in [0.25, 0.3) is 0 Å². The molecule has 1 atom stereocenters. The fourth-order valence-electron chi connectivity index (χ4n) is 3.07. The molecular weight excluding hydrogens is 334 g/mol. The zero-order valence-corrected chi connectivity index (χ0v) is 15.9. The standard InChI is InChI=1S/C23H25N3O/c1-18-8-6-12-22(24-18)13-7-9-20-14-16-26(17-15-20)23(27)25-19(2)21-10-4-3-5-11-21/h3-6,8-12,19H,14-17H2,1-2H3,(H,25,27)/t19-/m0/s1. The molecule has 4 nitrogen and oxygen atoms in total. The van der Waals surface area contributed by atoms with Gasteiger partial charge in [0.05, 0.1) is 6.04 Å². The highest BCUT2D eigenvalue weighted by Gasteiger charge is 2.20. The Hall–Kier alpha value is -3.06. The zero-order chi connectivity index (χ0) is 19.1. The van der Waals surface area contributed by atoms with Crippen LogP contribution in [0.4, 0.5) is 4.79 Å². The third-order valence-electron chi connectivity index (χ3n) is 4.70. The Bertz CT molecular complexity index is 867. The fraction of sp³-hybridized carbons (Fsp3) is 0.304. The number of likely N-dealkylation sites (tertiary alicyclic amines) is 1. The number of carbonyl (C=O) groups excluding carboxylic acids is 1. The van der Waals surface area contributed by atoms with E-state index in [0.717, 1.165) is 42.9 Å². The average molecular weight is 359 g/mol. The molecule has 27 heavy (non-hydrogen) atoms. The van der Waals surface area contributed by atoms with Crippen LogP contribution in [0.15, 0.2) is 60.2 Å². The van der Waals surface area contributed by atoms with Crippen molar-refractivity contribution in [3.05, 3.63) is 77.1 Å². The summed E-state index contributed by atoms with van der Waals surface area (Å²) in [6, 6.07) is 15.9. The highest BCUT2D eigenvalue weighted by molar-refractivity contribution is 5.75. The van der Waals surface area contributed by atoms with Crippen molar-refractivity contribution >= 4 is 6.03 Å². The molecule has 1 fully saturated rings. The lowest BCUT2D eigenvalue weighted by Gasteiger charge is -2.29. The number of allylic oxidation sites excluding steroid dienone is 1. The summed E-state index contributed by atoms with van der Waals surface area (Å²) in [7, 11) is 0. The summed E-state index contributed by atoms with van der Waals surface area (Å²) in [5.74, 6) is 6.18. The van der Waals surface area contributed by atoms with Crippen molar-refractivity contribution in [3.8, 4) is 11.8 Å². The fourth-order valence-corrected chi connectivity index (χ4v) is 3.07.